The zero-order valence-corrected chi connectivity index (χ0v) is 13.2. The van der Waals surface area contributed by atoms with Crippen LogP contribution in [-0.2, 0) is 12.7 Å². The van der Waals surface area contributed by atoms with Crippen molar-refractivity contribution in [2.24, 2.45) is 0 Å². The average molecular weight is 342 g/mol. The van der Waals surface area contributed by atoms with Crippen LogP contribution >= 0.6 is 0 Å². The summed E-state index contributed by atoms with van der Waals surface area (Å²) in [6.45, 7) is 2.95. The number of amides is 2. The maximum atomic E-state index is 12.4. The first kappa shape index (κ1) is 17.8. The molecule has 2 aromatic rings. The number of halogens is 3. The van der Waals surface area contributed by atoms with Crippen LogP contribution in [0.2, 0.25) is 0 Å². The zero-order valence-electron chi connectivity index (χ0n) is 13.2. The van der Waals surface area contributed by atoms with Crippen LogP contribution in [0.15, 0.2) is 28.8 Å². The van der Waals surface area contributed by atoms with Crippen molar-refractivity contribution in [3.63, 3.8) is 0 Å². The molecule has 0 radical (unpaired) electrons. The summed E-state index contributed by atoms with van der Waals surface area (Å²) in [5, 5.41) is 6.07. The van der Waals surface area contributed by atoms with Crippen LogP contribution in [0, 0.1) is 0 Å². The SMILES string of the molecule is CCCN(C)C(=O)NCc1ccc(-c2noc(C(F)(F)F)n2)cc1. The van der Waals surface area contributed by atoms with Crippen LogP contribution < -0.4 is 5.32 Å². The first-order valence-electron chi connectivity index (χ1n) is 7.30. The van der Waals surface area contributed by atoms with E-state index in [1.54, 1.807) is 36.2 Å². The summed E-state index contributed by atoms with van der Waals surface area (Å²) >= 11 is 0. The van der Waals surface area contributed by atoms with Gasteiger partial charge in [0.05, 0.1) is 0 Å². The van der Waals surface area contributed by atoms with E-state index in [2.05, 4.69) is 20.0 Å². The van der Waals surface area contributed by atoms with Gasteiger partial charge in [0.15, 0.2) is 0 Å². The fourth-order valence-corrected chi connectivity index (χ4v) is 1.98. The molecule has 130 valence electrons. The number of nitrogens with one attached hydrogen (secondary N) is 1. The highest BCUT2D eigenvalue weighted by molar-refractivity contribution is 5.73. The Balaban J connectivity index is 1.98. The number of nitrogens with zero attached hydrogens (tertiary/aromatic N) is 3. The molecule has 0 atom stereocenters. The van der Waals surface area contributed by atoms with E-state index in [0.717, 1.165) is 12.0 Å². The summed E-state index contributed by atoms with van der Waals surface area (Å²) in [4.78, 5) is 16.7. The molecule has 0 aliphatic carbocycles. The number of aromatic nitrogens is 2. The second-order valence-electron chi connectivity index (χ2n) is 5.20. The highest BCUT2D eigenvalue weighted by atomic mass is 19.4. The Morgan fingerprint density at radius 1 is 1.29 bits per heavy atom. The molecular weight excluding hydrogens is 325 g/mol. The summed E-state index contributed by atoms with van der Waals surface area (Å²) in [5.74, 6) is -1.52. The average Bonchev–Trinajstić information content (AvgIpc) is 3.03. The number of carbonyl (C=O) groups is 1. The van der Waals surface area contributed by atoms with Gasteiger partial charge in [0.2, 0.25) is 5.82 Å². The van der Waals surface area contributed by atoms with Crippen LogP contribution in [0.4, 0.5) is 18.0 Å². The predicted molar refractivity (Wildman–Crippen MR) is 79.9 cm³/mol. The van der Waals surface area contributed by atoms with Gasteiger partial charge in [-0.1, -0.05) is 36.3 Å². The zero-order chi connectivity index (χ0) is 17.7. The molecule has 0 unspecified atom stereocenters. The second-order valence-corrected chi connectivity index (χ2v) is 5.20. The fourth-order valence-electron chi connectivity index (χ4n) is 1.98. The Kier molecular flexibility index (Phi) is 5.42. The van der Waals surface area contributed by atoms with Crippen LogP contribution in [0.25, 0.3) is 11.4 Å². The number of rotatable bonds is 5. The lowest BCUT2D eigenvalue weighted by atomic mass is 10.1. The molecule has 2 amide bonds. The summed E-state index contributed by atoms with van der Waals surface area (Å²) < 4.78 is 41.5. The summed E-state index contributed by atoms with van der Waals surface area (Å²) in [5.41, 5.74) is 1.20. The number of urea groups is 1. The first-order valence-corrected chi connectivity index (χ1v) is 7.30. The number of alkyl halides is 3. The van der Waals surface area contributed by atoms with Gasteiger partial charge in [0, 0.05) is 25.7 Å². The lowest BCUT2D eigenvalue weighted by molar-refractivity contribution is -0.159. The van der Waals surface area contributed by atoms with Gasteiger partial charge >= 0.3 is 18.1 Å². The third-order valence-electron chi connectivity index (χ3n) is 3.23. The summed E-state index contributed by atoms with van der Waals surface area (Å²) in [7, 11) is 1.70. The Labute approximate surface area is 136 Å². The largest absolute Gasteiger partial charge is 0.471 e. The van der Waals surface area contributed by atoms with E-state index in [1.807, 2.05) is 6.92 Å². The van der Waals surface area contributed by atoms with Crippen LogP contribution in [-0.4, -0.2) is 34.7 Å². The van der Waals surface area contributed by atoms with Gasteiger partial charge in [0.1, 0.15) is 0 Å². The van der Waals surface area contributed by atoms with Crippen molar-refractivity contribution in [3.8, 4) is 11.4 Å². The lowest BCUT2D eigenvalue weighted by Crippen LogP contribution is -2.37. The molecule has 0 fully saturated rings. The molecule has 6 nitrogen and oxygen atoms in total. The molecule has 0 aliphatic heterocycles. The molecule has 1 heterocycles. The van der Waals surface area contributed by atoms with Crippen molar-refractivity contribution in [3.05, 3.63) is 35.7 Å². The molecule has 0 saturated carbocycles. The Morgan fingerprint density at radius 2 is 1.96 bits per heavy atom. The Hall–Kier alpha value is -2.58. The molecule has 0 aliphatic rings. The normalized spacial score (nSPS) is 11.4. The minimum Gasteiger partial charge on any atom is -0.334 e. The number of carbonyl (C=O) groups excluding carboxylic acids is 1. The van der Waals surface area contributed by atoms with E-state index >= 15 is 0 Å². The highest BCUT2D eigenvalue weighted by Crippen LogP contribution is 2.29. The lowest BCUT2D eigenvalue weighted by Gasteiger charge is -2.16. The van der Waals surface area contributed by atoms with Crippen molar-refractivity contribution in [1.82, 2.24) is 20.4 Å². The monoisotopic (exact) mass is 342 g/mol. The topological polar surface area (TPSA) is 71.3 Å². The van der Waals surface area contributed by atoms with E-state index in [0.29, 0.717) is 18.7 Å². The molecule has 9 heteroatoms. The summed E-state index contributed by atoms with van der Waals surface area (Å²) in [6, 6.07) is 6.32. The van der Waals surface area contributed by atoms with Gasteiger partial charge in [-0.25, -0.2) is 4.79 Å². The van der Waals surface area contributed by atoms with E-state index < -0.39 is 12.1 Å². The maximum Gasteiger partial charge on any atom is 0.471 e. The number of hydrogen-bond acceptors (Lipinski definition) is 4. The number of benzene rings is 1. The van der Waals surface area contributed by atoms with Gasteiger partial charge in [-0.05, 0) is 12.0 Å². The van der Waals surface area contributed by atoms with E-state index in [1.165, 1.54) is 0 Å². The van der Waals surface area contributed by atoms with Crippen molar-refractivity contribution in [1.29, 1.82) is 0 Å². The molecule has 2 rings (SSSR count). The second kappa shape index (κ2) is 7.33. The third-order valence-corrected chi connectivity index (χ3v) is 3.23. The van der Waals surface area contributed by atoms with Gasteiger partial charge < -0.3 is 14.7 Å². The van der Waals surface area contributed by atoms with Crippen molar-refractivity contribution >= 4 is 6.03 Å². The smallest absolute Gasteiger partial charge is 0.334 e. The van der Waals surface area contributed by atoms with Crippen molar-refractivity contribution in [2.45, 2.75) is 26.1 Å². The van der Waals surface area contributed by atoms with Crippen molar-refractivity contribution in [2.75, 3.05) is 13.6 Å². The van der Waals surface area contributed by atoms with Gasteiger partial charge in [-0.15, -0.1) is 0 Å². The fraction of sp³-hybridized carbons (Fsp3) is 0.400. The maximum absolute atomic E-state index is 12.4. The van der Waals surface area contributed by atoms with E-state index in [-0.39, 0.29) is 11.9 Å². The van der Waals surface area contributed by atoms with E-state index in [9.17, 15) is 18.0 Å². The Morgan fingerprint density at radius 3 is 2.50 bits per heavy atom. The van der Waals surface area contributed by atoms with Crippen LogP contribution in [0.5, 0.6) is 0 Å². The van der Waals surface area contributed by atoms with Gasteiger partial charge in [-0.2, -0.15) is 18.2 Å². The molecule has 1 N–H and O–H groups in total. The number of hydrogen-bond donors (Lipinski definition) is 1. The summed E-state index contributed by atoms with van der Waals surface area (Å²) in [6.07, 6.45) is -3.80. The molecule has 0 bridgehead atoms. The van der Waals surface area contributed by atoms with E-state index in [4.69, 9.17) is 0 Å². The third kappa shape index (κ3) is 4.46. The predicted octanol–water partition coefficient (Wildman–Crippen LogP) is 3.31. The molecule has 0 spiro atoms. The minimum atomic E-state index is -4.67. The first-order chi connectivity index (χ1) is 11.3. The van der Waals surface area contributed by atoms with Crippen LogP contribution in [0.3, 0.4) is 0 Å². The molecule has 1 aromatic carbocycles. The van der Waals surface area contributed by atoms with Gasteiger partial charge in [0.25, 0.3) is 0 Å². The minimum absolute atomic E-state index is 0.138. The molecule has 24 heavy (non-hydrogen) atoms. The molecule has 1 aromatic heterocycles. The van der Waals surface area contributed by atoms with Crippen LogP contribution in [0.1, 0.15) is 24.8 Å². The van der Waals surface area contributed by atoms with Gasteiger partial charge in [-0.3, -0.25) is 0 Å². The Bertz CT molecular complexity index is 683. The molecular formula is C15H17F3N4O2. The quantitative estimate of drug-likeness (QED) is 0.905. The van der Waals surface area contributed by atoms with Crippen molar-refractivity contribution < 1.29 is 22.5 Å². The molecule has 0 saturated heterocycles. The standard InChI is InChI=1S/C15H17F3N4O2/c1-3-8-22(2)14(23)19-9-10-4-6-11(7-5-10)12-20-13(24-21-12)15(16,17)18/h4-7H,3,8-9H2,1-2H3,(H,19,23). The highest BCUT2D eigenvalue weighted by Gasteiger charge is 2.38.